The maximum atomic E-state index is 12.9. The number of morpholine rings is 1. The molecule has 5 rings (SSSR count). The highest BCUT2D eigenvalue weighted by Gasteiger charge is 2.15. The van der Waals surface area contributed by atoms with Crippen molar-refractivity contribution in [1.82, 2.24) is 24.4 Å². The monoisotopic (exact) mass is 527 g/mol. The Hall–Kier alpha value is -3.44. The van der Waals surface area contributed by atoms with Crippen molar-refractivity contribution < 1.29 is 9.47 Å². The van der Waals surface area contributed by atoms with Gasteiger partial charge in [-0.1, -0.05) is 35.3 Å². The van der Waals surface area contributed by atoms with Crippen LogP contribution in [0.2, 0.25) is 10.0 Å². The Morgan fingerprint density at radius 1 is 1.14 bits per heavy atom. The molecular weight excluding hydrogens is 505 g/mol. The predicted octanol–water partition coefficient (Wildman–Crippen LogP) is 3.35. The maximum absolute atomic E-state index is 12.9. The molecular formula is C24H23Cl2N7O3. The molecule has 186 valence electrons. The van der Waals surface area contributed by atoms with Gasteiger partial charge in [-0.3, -0.25) is 15.3 Å². The Balaban J connectivity index is 1.35. The van der Waals surface area contributed by atoms with Crippen LogP contribution in [-0.2, 0) is 4.74 Å². The quantitative estimate of drug-likeness (QED) is 0.337. The molecule has 0 spiro atoms. The first kappa shape index (κ1) is 24.3. The van der Waals surface area contributed by atoms with E-state index in [1.165, 1.54) is 6.20 Å². The van der Waals surface area contributed by atoms with Gasteiger partial charge in [0.1, 0.15) is 17.8 Å². The molecule has 0 saturated carbocycles. The van der Waals surface area contributed by atoms with Crippen molar-refractivity contribution in [1.29, 1.82) is 5.41 Å². The number of aromatic amines is 1. The van der Waals surface area contributed by atoms with E-state index < -0.39 is 5.69 Å². The topological polar surface area (TPSA) is 121 Å². The van der Waals surface area contributed by atoms with Gasteiger partial charge in [0, 0.05) is 37.6 Å². The number of anilines is 2. The molecule has 12 heteroatoms. The molecule has 2 aromatic carbocycles. The Kier molecular flexibility index (Phi) is 7.19. The number of para-hydroxylation sites is 1. The lowest BCUT2D eigenvalue weighted by Gasteiger charge is -2.26. The van der Waals surface area contributed by atoms with Gasteiger partial charge in [-0.15, -0.1) is 0 Å². The Labute approximate surface area is 215 Å². The van der Waals surface area contributed by atoms with Gasteiger partial charge in [-0.05, 0) is 24.3 Å². The fourth-order valence-corrected chi connectivity index (χ4v) is 4.48. The van der Waals surface area contributed by atoms with Crippen LogP contribution in [0.4, 0.5) is 11.6 Å². The number of hydrogen-bond donors (Lipinski definition) is 3. The summed E-state index contributed by atoms with van der Waals surface area (Å²) in [4.78, 5) is 26.6. The number of fused-ring (bicyclic) bond motifs is 1. The summed E-state index contributed by atoms with van der Waals surface area (Å²) < 4.78 is 12.4. The molecule has 3 heterocycles. The summed E-state index contributed by atoms with van der Waals surface area (Å²) >= 11 is 12.5. The number of aromatic nitrogens is 4. The molecule has 0 amide bonds. The van der Waals surface area contributed by atoms with Crippen LogP contribution in [-0.4, -0.2) is 63.9 Å². The molecule has 0 bridgehead atoms. The molecule has 0 aliphatic carbocycles. The Bertz CT molecular complexity index is 1500. The zero-order valence-corrected chi connectivity index (χ0v) is 20.6. The molecule has 10 nitrogen and oxygen atoms in total. The second kappa shape index (κ2) is 10.7. The predicted molar refractivity (Wildman–Crippen MR) is 138 cm³/mol. The third-order valence-electron chi connectivity index (χ3n) is 5.73. The van der Waals surface area contributed by atoms with Gasteiger partial charge in [-0.25, -0.2) is 14.3 Å². The van der Waals surface area contributed by atoms with E-state index in [1.54, 1.807) is 18.2 Å². The van der Waals surface area contributed by atoms with Crippen LogP contribution >= 0.6 is 23.2 Å². The number of benzene rings is 2. The lowest BCUT2D eigenvalue weighted by molar-refractivity contribution is 0.0322. The summed E-state index contributed by atoms with van der Waals surface area (Å²) in [5.74, 6) is 0.977. The number of H-pyrrole nitrogens is 1. The van der Waals surface area contributed by atoms with Crippen molar-refractivity contribution in [2.75, 3.05) is 44.8 Å². The van der Waals surface area contributed by atoms with E-state index in [-0.39, 0.29) is 32.8 Å². The average Bonchev–Trinajstić information content (AvgIpc) is 2.86. The number of ether oxygens (including phenoxy) is 2. The molecule has 1 aliphatic rings. The van der Waals surface area contributed by atoms with Gasteiger partial charge in [0.25, 0.3) is 0 Å². The standard InChI is InChI=1S/C24H23Cl2N7O3/c25-18-5-2-6-19(26)20(18)33-21(27)17-14-28-23(30-22(17)31-24(33)34)29-15-3-1-4-16(13-15)36-12-9-32-7-10-35-11-8-32/h1-6,13-14,27H,7-12H2,(H2,28,29,30,31,34). The zero-order valence-electron chi connectivity index (χ0n) is 19.1. The van der Waals surface area contributed by atoms with Crippen LogP contribution in [0, 0.1) is 5.41 Å². The van der Waals surface area contributed by atoms with Gasteiger partial charge in [0.15, 0.2) is 5.65 Å². The minimum absolute atomic E-state index is 0.133. The highest BCUT2D eigenvalue weighted by Crippen LogP contribution is 2.26. The molecule has 1 aliphatic heterocycles. The normalized spacial score (nSPS) is 14.2. The molecule has 1 saturated heterocycles. The van der Waals surface area contributed by atoms with Gasteiger partial charge >= 0.3 is 5.69 Å². The summed E-state index contributed by atoms with van der Waals surface area (Å²) in [5, 5.41) is 12.5. The van der Waals surface area contributed by atoms with E-state index in [1.807, 2.05) is 24.3 Å². The van der Waals surface area contributed by atoms with Crippen molar-refractivity contribution in [2.45, 2.75) is 0 Å². The molecule has 3 N–H and O–H groups in total. The van der Waals surface area contributed by atoms with Crippen LogP contribution in [0.3, 0.4) is 0 Å². The van der Waals surface area contributed by atoms with E-state index >= 15 is 0 Å². The van der Waals surface area contributed by atoms with E-state index in [9.17, 15) is 4.79 Å². The van der Waals surface area contributed by atoms with Crippen LogP contribution in [0.1, 0.15) is 0 Å². The smallest absolute Gasteiger partial charge is 0.333 e. The van der Waals surface area contributed by atoms with E-state index in [2.05, 4.69) is 25.2 Å². The summed E-state index contributed by atoms with van der Waals surface area (Å²) in [6.07, 6.45) is 1.47. The summed E-state index contributed by atoms with van der Waals surface area (Å²) in [5.41, 5.74) is 0.427. The van der Waals surface area contributed by atoms with E-state index in [0.29, 0.717) is 17.7 Å². The van der Waals surface area contributed by atoms with Crippen molar-refractivity contribution in [3.8, 4) is 11.4 Å². The van der Waals surface area contributed by atoms with Crippen molar-refractivity contribution in [2.24, 2.45) is 0 Å². The SMILES string of the molecule is N=c1c2cnc(Nc3cccc(OCCN4CCOCC4)c3)nc2[nH]c(=O)n1-c1c(Cl)cccc1Cl. The van der Waals surface area contributed by atoms with Crippen LogP contribution in [0.15, 0.2) is 53.5 Å². The minimum Gasteiger partial charge on any atom is -0.492 e. The van der Waals surface area contributed by atoms with Crippen molar-refractivity contribution in [3.05, 3.63) is 74.7 Å². The third-order valence-corrected chi connectivity index (χ3v) is 6.34. The zero-order chi connectivity index (χ0) is 25.1. The molecule has 0 unspecified atom stereocenters. The summed E-state index contributed by atoms with van der Waals surface area (Å²) in [6, 6.07) is 12.3. The first-order valence-corrected chi connectivity index (χ1v) is 12.1. The fourth-order valence-electron chi connectivity index (χ4n) is 3.92. The van der Waals surface area contributed by atoms with E-state index in [4.69, 9.17) is 38.1 Å². The van der Waals surface area contributed by atoms with Gasteiger partial charge in [0.05, 0.1) is 34.3 Å². The van der Waals surface area contributed by atoms with Gasteiger partial charge in [-0.2, -0.15) is 4.98 Å². The lowest BCUT2D eigenvalue weighted by atomic mass is 10.3. The van der Waals surface area contributed by atoms with Crippen LogP contribution in [0.25, 0.3) is 16.7 Å². The molecule has 2 aromatic heterocycles. The minimum atomic E-state index is -0.595. The number of hydrogen-bond acceptors (Lipinski definition) is 8. The molecule has 4 aromatic rings. The highest BCUT2D eigenvalue weighted by atomic mass is 35.5. The van der Waals surface area contributed by atoms with Crippen molar-refractivity contribution >= 4 is 45.9 Å². The summed E-state index contributed by atoms with van der Waals surface area (Å²) in [7, 11) is 0. The maximum Gasteiger partial charge on any atom is 0.333 e. The molecule has 0 radical (unpaired) electrons. The first-order chi connectivity index (χ1) is 17.5. The Morgan fingerprint density at radius 2 is 1.89 bits per heavy atom. The highest BCUT2D eigenvalue weighted by molar-refractivity contribution is 6.37. The van der Waals surface area contributed by atoms with Crippen LogP contribution in [0.5, 0.6) is 5.75 Å². The fraction of sp³-hybridized carbons (Fsp3) is 0.250. The number of nitrogens with zero attached hydrogens (tertiary/aromatic N) is 4. The number of nitrogens with one attached hydrogen (secondary N) is 3. The van der Waals surface area contributed by atoms with Gasteiger partial charge in [0.2, 0.25) is 5.95 Å². The lowest BCUT2D eigenvalue weighted by Crippen LogP contribution is -2.38. The molecule has 1 fully saturated rings. The average molecular weight is 528 g/mol. The second-order valence-corrected chi connectivity index (χ2v) is 8.91. The Morgan fingerprint density at radius 3 is 2.67 bits per heavy atom. The number of rotatable bonds is 7. The second-order valence-electron chi connectivity index (χ2n) is 8.10. The largest absolute Gasteiger partial charge is 0.492 e. The van der Waals surface area contributed by atoms with Crippen molar-refractivity contribution in [3.63, 3.8) is 0 Å². The summed E-state index contributed by atoms with van der Waals surface area (Å²) in [6.45, 7) is 4.74. The first-order valence-electron chi connectivity index (χ1n) is 11.3. The molecule has 0 atom stereocenters. The van der Waals surface area contributed by atoms with E-state index in [0.717, 1.165) is 43.1 Å². The van der Waals surface area contributed by atoms with Crippen LogP contribution < -0.4 is 21.2 Å². The molecule has 36 heavy (non-hydrogen) atoms. The van der Waals surface area contributed by atoms with Gasteiger partial charge < -0.3 is 14.8 Å². The number of halogens is 2. The third kappa shape index (κ3) is 5.21.